The summed E-state index contributed by atoms with van der Waals surface area (Å²) in [6, 6.07) is 4.61. The molecule has 0 aliphatic rings. The van der Waals surface area contributed by atoms with E-state index in [0.717, 1.165) is 5.69 Å². The second kappa shape index (κ2) is 6.28. The molecule has 1 aromatic rings. The Hall–Kier alpha value is -1.96. The van der Waals surface area contributed by atoms with E-state index < -0.39 is 21.7 Å². The monoisotopic (exact) mass is 284 g/mol. The smallest absolute Gasteiger partial charge is 0.320 e. The molecule has 0 atom stereocenters. The Labute approximate surface area is 112 Å². The molecule has 7 nitrogen and oxygen atoms in total. The Balaban J connectivity index is 2.49. The number of hydrogen-bond donors (Lipinski definition) is 2. The number of nitrogens with one attached hydrogen (secondary N) is 2. The fourth-order valence-electron chi connectivity index (χ4n) is 1.21. The molecule has 0 radical (unpaired) electrons. The van der Waals surface area contributed by atoms with E-state index in [1.807, 2.05) is 0 Å². The van der Waals surface area contributed by atoms with E-state index in [1.54, 1.807) is 25.1 Å². The first kappa shape index (κ1) is 15.1. The summed E-state index contributed by atoms with van der Waals surface area (Å²) in [6.45, 7) is 1.49. The lowest BCUT2D eigenvalue weighted by Gasteiger charge is -2.05. The fourth-order valence-corrected chi connectivity index (χ4v) is 1.76. The highest BCUT2D eigenvalue weighted by atomic mass is 32.2. The van der Waals surface area contributed by atoms with Gasteiger partial charge in [-0.3, -0.25) is 10.1 Å². The van der Waals surface area contributed by atoms with Crippen molar-refractivity contribution in [3.63, 3.8) is 0 Å². The van der Waals surface area contributed by atoms with E-state index in [1.165, 1.54) is 12.5 Å². The van der Waals surface area contributed by atoms with Crippen LogP contribution in [0.15, 0.2) is 22.6 Å². The summed E-state index contributed by atoms with van der Waals surface area (Å²) in [5.74, 6) is -0.251. The second-order valence-corrected chi connectivity index (χ2v) is 6.68. The molecule has 19 heavy (non-hydrogen) atoms. The van der Waals surface area contributed by atoms with E-state index in [2.05, 4.69) is 20.0 Å². The Bertz CT molecular complexity index is 598. The lowest BCUT2D eigenvalue weighted by Crippen LogP contribution is -2.33. The highest BCUT2D eigenvalue weighted by molar-refractivity contribution is 7.92. The van der Waals surface area contributed by atoms with Gasteiger partial charge in [0.1, 0.15) is 12.4 Å². The molecular formula is C11H16N4O3S. The van der Waals surface area contributed by atoms with Crippen molar-refractivity contribution in [2.24, 2.45) is 4.36 Å². The first-order valence-corrected chi connectivity index (χ1v) is 7.78. The van der Waals surface area contributed by atoms with Crippen molar-refractivity contribution >= 4 is 27.5 Å². The van der Waals surface area contributed by atoms with Crippen molar-refractivity contribution in [2.45, 2.75) is 6.92 Å². The van der Waals surface area contributed by atoms with Crippen LogP contribution in [-0.4, -0.2) is 40.2 Å². The van der Waals surface area contributed by atoms with Crippen LogP contribution >= 0.6 is 0 Å². The normalized spacial score (nSPS) is 10.7. The second-order valence-electron chi connectivity index (χ2n) is 4.14. The number of rotatable bonds is 3. The number of anilines is 1. The Morgan fingerprint density at radius 3 is 2.63 bits per heavy atom. The molecule has 0 bridgehead atoms. The Kier molecular flexibility index (Phi) is 4.99. The van der Waals surface area contributed by atoms with Gasteiger partial charge in [0.05, 0.1) is 0 Å². The molecule has 8 heteroatoms. The van der Waals surface area contributed by atoms with E-state index >= 15 is 0 Å². The van der Waals surface area contributed by atoms with Crippen LogP contribution < -0.4 is 10.6 Å². The zero-order chi connectivity index (χ0) is 14.5. The van der Waals surface area contributed by atoms with Gasteiger partial charge in [0.25, 0.3) is 5.91 Å². The van der Waals surface area contributed by atoms with Gasteiger partial charge in [0.2, 0.25) is 0 Å². The maximum atomic E-state index is 11.5. The molecule has 0 saturated carbocycles. The molecule has 1 heterocycles. The fraction of sp³-hybridized carbons (Fsp3) is 0.364. The van der Waals surface area contributed by atoms with Crippen molar-refractivity contribution in [1.29, 1.82) is 0 Å². The maximum Gasteiger partial charge on any atom is 0.320 e. The molecule has 0 fully saturated rings. The molecule has 104 valence electrons. The SMILES string of the molecule is Cc1cccc(NC(=O)NCC(=O)N=S(C)(C)=O)n1. The quantitative estimate of drug-likeness (QED) is 0.856. The van der Waals surface area contributed by atoms with Crippen LogP contribution in [0.25, 0.3) is 0 Å². The summed E-state index contributed by atoms with van der Waals surface area (Å²) in [7, 11) is -2.49. The minimum Gasteiger partial charge on any atom is -0.329 e. The lowest BCUT2D eigenvalue weighted by molar-refractivity contribution is -0.116. The average molecular weight is 284 g/mol. The topological polar surface area (TPSA) is 101 Å². The number of nitrogens with zero attached hydrogens (tertiary/aromatic N) is 2. The van der Waals surface area contributed by atoms with Gasteiger partial charge in [-0.2, -0.15) is 4.36 Å². The van der Waals surface area contributed by atoms with E-state index in [-0.39, 0.29) is 6.54 Å². The van der Waals surface area contributed by atoms with Crippen LogP contribution in [0.4, 0.5) is 10.6 Å². The maximum absolute atomic E-state index is 11.5. The van der Waals surface area contributed by atoms with E-state index in [9.17, 15) is 13.8 Å². The van der Waals surface area contributed by atoms with Crippen molar-refractivity contribution in [2.75, 3.05) is 24.4 Å². The first-order chi connectivity index (χ1) is 8.76. The molecule has 0 spiro atoms. The predicted octanol–water partition coefficient (Wildman–Crippen LogP) is 0.766. The molecule has 0 aliphatic heterocycles. The number of carbonyl (C=O) groups is 2. The molecule has 3 amide bonds. The van der Waals surface area contributed by atoms with Crippen LogP contribution in [0, 0.1) is 6.92 Å². The van der Waals surface area contributed by atoms with E-state index in [0.29, 0.717) is 5.82 Å². The summed E-state index contributed by atoms with van der Waals surface area (Å²) in [4.78, 5) is 26.8. The van der Waals surface area contributed by atoms with Crippen molar-refractivity contribution in [1.82, 2.24) is 10.3 Å². The standard InChI is InChI=1S/C11H16N4O3S/c1-8-5-4-6-9(13-8)14-11(17)12-7-10(16)15-19(2,3)18/h4-6H,7H2,1-3H3,(H2,12,13,14,17). The van der Waals surface area contributed by atoms with Crippen molar-refractivity contribution in [3.05, 3.63) is 23.9 Å². The Morgan fingerprint density at radius 1 is 1.37 bits per heavy atom. The third-order valence-electron chi connectivity index (χ3n) is 1.85. The largest absolute Gasteiger partial charge is 0.329 e. The molecule has 0 aromatic carbocycles. The number of amides is 3. The summed E-state index contributed by atoms with van der Waals surface area (Å²) in [5, 5.41) is 4.79. The number of pyridine rings is 1. The van der Waals surface area contributed by atoms with Crippen molar-refractivity contribution in [3.8, 4) is 0 Å². The molecule has 0 unspecified atom stereocenters. The number of aromatic nitrogens is 1. The highest BCUT2D eigenvalue weighted by Crippen LogP contribution is 2.02. The summed E-state index contributed by atoms with van der Waals surface area (Å²) in [6.07, 6.45) is 2.70. The van der Waals surface area contributed by atoms with Gasteiger partial charge >= 0.3 is 6.03 Å². The molecular weight excluding hydrogens is 268 g/mol. The molecule has 0 saturated heterocycles. The van der Waals surface area contributed by atoms with Gasteiger partial charge in [0, 0.05) is 27.9 Å². The molecule has 0 aliphatic carbocycles. The van der Waals surface area contributed by atoms with Crippen molar-refractivity contribution < 1.29 is 13.8 Å². The minimum absolute atomic E-state index is 0.309. The molecule has 2 N–H and O–H groups in total. The third kappa shape index (κ3) is 6.51. The number of aryl methyl sites for hydroxylation is 1. The van der Waals surface area contributed by atoms with Gasteiger partial charge in [-0.05, 0) is 19.1 Å². The van der Waals surface area contributed by atoms with Crippen LogP contribution in [0.5, 0.6) is 0 Å². The zero-order valence-electron chi connectivity index (χ0n) is 11.0. The lowest BCUT2D eigenvalue weighted by atomic mass is 10.4. The highest BCUT2D eigenvalue weighted by Gasteiger charge is 2.06. The number of urea groups is 1. The van der Waals surface area contributed by atoms with Gasteiger partial charge in [-0.25, -0.2) is 14.0 Å². The van der Waals surface area contributed by atoms with Gasteiger partial charge in [0.15, 0.2) is 0 Å². The van der Waals surface area contributed by atoms with Crippen LogP contribution in [0.1, 0.15) is 5.69 Å². The minimum atomic E-state index is -2.49. The van der Waals surface area contributed by atoms with Crippen LogP contribution in [0.3, 0.4) is 0 Å². The third-order valence-corrected chi connectivity index (χ3v) is 2.50. The van der Waals surface area contributed by atoms with Crippen LogP contribution in [-0.2, 0) is 14.5 Å². The average Bonchev–Trinajstić information content (AvgIpc) is 2.24. The molecule has 1 rings (SSSR count). The predicted molar refractivity (Wildman–Crippen MR) is 73.4 cm³/mol. The summed E-state index contributed by atoms with van der Waals surface area (Å²) in [5.41, 5.74) is 0.764. The summed E-state index contributed by atoms with van der Waals surface area (Å²) < 4.78 is 14.7. The van der Waals surface area contributed by atoms with Crippen LogP contribution in [0.2, 0.25) is 0 Å². The summed E-state index contributed by atoms with van der Waals surface area (Å²) >= 11 is 0. The first-order valence-electron chi connectivity index (χ1n) is 5.45. The van der Waals surface area contributed by atoms with Gasteiger partial charge in [-0.15, -0.1) is 0 Å². The molecule has 1 aromatic heterocycles. The van der Waals surface area contributed by atoms with Gasteiger partial charge in [-0.1, -0.05) is 6.07 Å². The Morgan fingerprint density at radius 2 is 2.05 bits per heavy atom. The number of hydrogen-bond acceptors (Lipinski definition) is 4. The van der Waals surface area contributed by atoms with E-state index in [4.69, 9.17) is 0 Å². The van der Waals surface area contributed by atoms with Gasteiger partial charge < -0.3 is 5.32 Å². The number of carbonyl (C=O) groups excluding carboxylic acids is 2. The zero-order valence-corrected chi connectivity index (χ0v) is 11.8.